The van der Waals surface area contributed by atoms with Gasteiger partial charge in [0, 0.05) is 13.1 Å². The predicted octanol–water partition coefficient (Wildman–Crippen LogP) is 0.732. The van der Waals surface area contributed by atoms with Crippen molar-refractivity contribution < 1.29 is 9.72 Å². The third-order valence-electron chi connectivity index (χ3n) is 1.88. The summed E-state index contributed by atoms with van der Waals surface area (Å²) in [5.41, 5.74) is -0.431. The fraction of sp³-hybridized carbons (Fsp3) is 0.500. The third-order valence-corrected chi connectivity index (χ3v) is 1.88. The highest BCUT2D eigenvalue weighted by Gasteiger charge is 2.25. The van der Waals surface area contributed by atoms with Gasteiger partial charge >= 0.3 is 5.69 Å². The van der Waals surface area contributed by atoms with Crippen molar-refractivity contribution in [1.29, 1.82) is 0 Å². The molecule has 0 aliphatic heterocycles. The Morgan fingerprint density at radius 1 is 1.67 bits per heavy atom. The minimum atomic E-state index is -0.615. The lowest BCUT2D eigenvalue weighted by molar-refractivity contribution is -0.385. The molecule has 1 rings (SSSR count). The Balaban J connectivity index is 3.23. The summed E-state index contributed by atoms with van der Waals surface area (Å²) >= 11 is 0. The fourth-order valence-electron chi connectivity index (χ4n) is 1.06. The maximum absolute atomic E-state index is 11.3. The van der Waals surface area contributed by atoms with E-state index < -0.39 is 10.8 Å². The van der Waals surface area contributed by atoms with Crippen LogP contribution in [0, 0.1) is 10.1 Å². The molecule has 1 heterocycles. The summed E-state index contributed by atoms with van der Waals surface area (Å²) in [6, 6.07) is -0.0258. The molecular weight excluding hydrogens is 200 g/mol. The molecule has 0 unspecified atom stereocenters. The van der Waals surface area contributed by atoms with Crippen LogP contribution in [0.4, 0.5) is 5.69 Å². The van der Waals surface area contributed by atoms with Crippen molar-refractivity contribution in [2.75, 3.05) is 7.05 Å². The lowest BCUT2D eigenvalue weighted by Crippen LogP contribution is -2.20. The minimum absolute atomic E-state index is 0.0258. The van der Waals surface area contributed by atoms with E-state index >= 15 is 0 Å². The maximum Gasteiger partial charge on any atom is 0.320 e. The smallest absolute Gasteiger partial charge is 0.320 e. The molecule has 1 N–H and O–H groups in total. The lowest BCUT2D eigenvalue weighted by atomic mass is 10.3. The summed E-state index contributed by atoms with van der Waals surface area (Å²) in [5.74, 6) is -0.555. The van der Waals surface area contributed by atoms with Gasteiger partial charge in [-0.3, -0.25) is 19.6 Å². The molecule has 15 heavy (non-hydrogen) atoms. The van der Waals surface area contributed by atoms with E-state index in [4.69, 9.17) is 0 Å². The molecule has 0 aromatic carbocycles. The molecule has 0 saturated carbocycles. The molecule has 0 fully saturated rings. The standard InChI is InChI=1S/C8H12N4O3/c1-5(2)11-4-6(12(14)15)7(10-11)8(13)9-3/h4-5H,1-3H3,(H,9,13). The first-order chi connectivity index (χ1) is 6.97. The zero-order chi connectivity index (χ0) is 11.6. The SMILES string of the molecule is CNC(=O)c1nn(C(C)C)cc1[N+](=O)[O-]. The van der Waals surface area contributed by atoms with Crippen molar-refractivity contribution in [1.82, 2.24) is 15.1 Å². The average molecular weight is 212 g/mol. The zero-order valence-corrected chi connectivity index (χ0v) is 8.72. The van der Waals surface area contributed by atoms with Crippen LogP contribution in [0.2, 0.25) is 0 Å². The van der Waals surface area contributed by atoms with Crippen molar-refractivity contribution in [2.45, 2.75) is 19.9 Å². The van der Waals surface area contributed by atoms with E-state index in [1.807, 2.05) is 13.8 Å². The molecule has 0 radical (unpaired) electrons. The van der Waals surface area contributed by atoms with Crippen molar-refractivity contribution in [3.05, 3.63) is 22.0 Å². The second kappa shape index (κ2) is 4.07. The number of carbonyl (C=O) groups excluding carboxylic acids is 1. The second-order valence-electron chi connectivity index (χ2n) is 3.27. The van der Waals surface area contributed by atoms with Crippen LogP contribution in [-0.4, -0.2) is 27.7 Å². The molecule has 7 heteroatoms. The zero-order valence-electron chi connectivity index (χ0n) is 8.72. The van der Waals surface area contributed by atoms with Crippen molar-refractivity contribution in [3.63, 3.8) is 0 Å². The lowest BCUT2D eigenvalue weighted by Gasteiger charge is -2.02. The van der Waals surface area contributed by atoms with Crippen LogP contribution in [0.25, 0.3) is 0 Å². The molecule has 7 nitrogen and oxygen atoms in total. The molecule has 1 aromatic heterocycles. The molecule has 0 bridgehead atoms. The average Bonchev–Trinajstić information content (AvgIpc) is 2.61. The first-order valence-electron chi connectivity index (χ1n) is 4.43. The van der Waals surface area contributed by atoms with E-state index in [0.29, 0.717) is 0 Å². The van der Waals surface area contributed by atoms with Crippen LogP contribution in [-0.2, 0) is 0 Å². The Morgan fingerprint density at radius 3 is 2.67 bits per heavy atom. The van der Waals surface area contributed by atoms with Crippen molar-refractivity contribution >= 4 is 11.6 Å². The summed E-state index contributed by atoms with van der Waals surface area (Å²) in [6.07, 6.45) is 1.26. The van der Waals surface area contributed by atoms with Gasteiger partial charge in [0.2, 0.25) is 5.69 Å². The van der Waals surface area contributed by atoms with E-state index in [0.717, 1.165) is 0 Å². The van der Waals surface area contributed by atoms with Gasteiger partial charge in [0.05, 0.1) is 4.92 Å². The van der Waals surface area contributed by atoms with Crippen LogP contribution in [0.1, 0.15) is 30.4 Å². The largest absolute Gasteiger partial charge is 0.353 e. The van der Waals surface area contributed by atoms with Gasteiger partial charge in [-0.15, -0.1) is 0 Å². The van der Waals surface area contributed by atoms with E-state index in [1.165, 1.54) is 17.9 Å². The normalized spacial score (nSPS) is 10.4. The number of hydrogen-bond acceptors (Lipinski definition) is 4. The summed E-state index contributed by atoms with van der Waals surface area (Å²) < 4.78 is 1.39. The Labute approximate surface area is 86.2 Å². The molecule has 0 spiro atoms. The molecule has 0 aliphatic rings. The number of amides is 1. The van der Waals surface area contributed by atoms with Gasteiger partial charge in [-0.1, -0.05) is 0 Å². The highest BCUT2D eigenvalue weighted by atomic mass is 16.6. The van der Waals surface area contributed by atoms with Gasteiger partial charge in [-0.2, -0.15) is 5.10 Å². The first-order valence-corrected chi connectivity index (χ1v) is 4.43. The Morgan fingerprint density at radius 2 is 2.27 bits per heavy atom. The van der Waals surface area contributed by atoms with Crippen LogP contribution in [0.5, 0.6) is 0 Å². The van der Waals surface area contributed by atoms with Crippen LogP contribution < -0.4 is 5.32 Å². The topological polar surface area (TPSA) is 90.1 Å². The molecule has 0 atom stereocenters. The molecular formula is C8H12N4O3. The Hall–Kier alpha value is -1.92. The summed E-state index contributed by atoms with van der Waals surface area (Å²) in [6.45, 7) is 3.65. The van der Waals surface area contributed by atoms with E-state index in [9.17, 15) is 14.9 Å². The summed E-state index contributed by atoms with van der Waals surface area (Å²) in [4.78, 5) is 21.3. The van der Waals surface area contributed by atoms with Crippen LogP contribution in [0.15, 0.2) is 6.20 Å². The number of carbonyl (C=O) groups is 1. The number of rotatable bonds is 3. The monoisotopic (exact) mass is 212 g/mol. The fourth-order valence-corrected chi connectivity index (χ4v) is 1.06. The van der Waals surface area contributed by atoms with E-state index in [2.05, 4.69) is 10.4 Å². The second-order valence-corrected chi connectivity index (χ2v) is 3.27. The highest BCUT2D eigenvalue weighted by Crippen LogP contribution is 2.18. The van der Waals surface area contributed by atoms with E-state index in [1.54, 1.807) is 0 Å². The summed E-state index contributed by atoms with van der Waals surface area (Å²) in [5, 5.41) is 16.8. The number of nitro groups is 1. The third kappa shape index (κ3) is 2.12. The van der Waals surface area contributed by atoms with Gasteiger partial charge in [-0.05, 0) is 13.8 Å². The van der Waals surface area contributed by atoms with Gasteiger partial charge in [0.25, 0.3) is 5.91 Å². The van der Waals surface area contributed by atoms with Crippen LogP contribution >= 0.6 is 0 Å². The minimum Gasteiger partial charge on any atom is -0.353 e. The van der Waals surface area contributed by atoms with Gasteiger partial charge < -0.3 is 5.32 Å². The Bertz CT molecular complexity index is 397. The number of nitrogens with one attached hydrogen (secondary N) is 1. The number of nitrogens with zero attached hydrogens (tertiary/aromatic N) is 3. The maximum atomic E-state index is 11.3. The number of hydrogen-bond donors (Lipinski definition) is 1. The van der Waals surface area contributed by atoms with Gasteiger partial charge in [0.1, 0.15) is 6.20 Å². The summed E-state index contributed by atoms with van der Waals surface area (Å²) in [7, 11) is 1.40. The van der Waals surface area contributed by atoms with Gasteiger partial charge in [0.15, 0.2) is 0 Å². The predicted molar refractivity (Wildman–Crippen MR) is 52.7 cm³/mol. The highest BCUT2D eigenvalue weighted by molar-refractivity contribution is 5.95. The van der Waals surface area contributed by atoms with Crippen molar-refractivity contribution in [2.24, 2.45) is 0 Å². The number of aromatic nitrogens is 2. The van der Waals surface area contributed by atoms with Crippen molar-refractivity contribution in [3.8, 4) is 0 Å². The molecule has 0 aliphatic carbocycles. The molecule has 82 valence electrons. The first kappa shape index (κ1) is 11.2. The quantitative estimate of drug-likeness (QED) is 0.590. The molecule has 1 amide bonds. The molecule has 0 saturated heterocycles. The van der Waals surface area contributed by atoms with E-state index in [-0.39, 0.29) is 17.4 Å². The molecule has 1 aromatic rings. The Kier molecular flexibility index (Phi) is 3.03. The van der Waals surface area contributed by atoms with Crippen LogP contribution in [0.3, 0.4) is 0 Å². The van der Waals surface area contributed by atoms with Gasteiger partial charge in [-0.25, -0.2) is 0 Å².